The van der Waals surface area contributed by atoms with Crippen LogP contribution < -0.4 is 4.74 Å². The lowest BCUT2D eigenvalue weighted by Gasteiger charge is -2.03. The average molecular weight is 409 g/mol. The van der Waals surface area contributed by atoms with Crippen molar-refractivity contribution in [2.45, 2.75) is 13.0 Å². The van der Waals surface area contributed by atoms with Gasteiger partial charge in [0.25, 0.3) is 0 Å². The summed E-state index contributed by atoms with van der Waals surface area (Å²) in [7, 11) is 1.63. The van der Waals surface area contributed by atoms with Crippen LogP contribution in [0.4, 0.5) is 0 Å². The Balaban J connectivity index is 1.65. The van der Waals surface area contributed by atoms with Gasteiger partial charge in [-0.3, -0.25) is 9.48 Å². The second-order valence-corrected chi connectivity index (χ2v) is 6.88. The lowest BCUT2D eigenvalue weighted by Crippen LogP contribution is -2.00. The van der Waals surface area contributed by atoms with Crippen molar-refractivity contribution in [1.82, 2.24) is 19.7 Å². The Morgan fingerprint density at radius 1 is 1.14 bits per heavy atom. The highest BCUT2D eigenvalue weighted by Crippen LogP contribution is 2.25. The minimum Gasteiger partial charge on any atom is -0.497 e. The first kappa shape index (κ1) is 18.9. The number of carboxylic acids is 1. The maximum atomic E-state index is 11.0. The number of rotatable bonds is 6. The summed E-state index contributed by atoms with van der Waals surface area (Å²) in [5.74, 6) is 0.332. The van der Waals surface area contributed by atoms with Gasteiger partial charge >= 0.3 is 5.97 Å². The fourth-order valence-corrected chi connectivity index (χ4v) is 3.26. The number of carbonyl (C=O) groups is 1. The molecule has 0 amide bonds. The highest BCUT2D eigenvalue weighted by Gasteiger charge is 2.13. The predicted octanol–water partition coefficient (Wildman–Crippen LogP) is 3.83. The number of carboxylic acid groups (broad SMARTS) is 1. The van der Waals surface area contributed by atoms with Gasteiger partial charge in [-0.25, -0.2) is 9.97 Å². The van der Waals surface area contributed by atoms with E-state index in [0.717, 1.165) is 11.3 Å². The summed E-state index contributed by atoms with van der Waals surface area (Å²) >= 11 is 6.35. The molecule has 0 saturated carbocycles. The molecule has 0 unspecified atom stereocenters. The fourth-order valence-electron chi connectivity index (χ4n) is 3.05. The molecule has 29 heavy (non-hydrogen) atoms. The normalized spacial score (nSPS) is 11.0. The van der Waals surface area contributed by atoms with E-state index in [1.54, 1.807) is 30.0 Å². The van der Waals surface area contributed by atoms with Gasteiger partial charge in [0.15, 0.2) is 11.0 Å². The summed E-state index contributed by atoms with van der Waals surface area (Å²) < 4.78 is 6.94. The van der Waals surface area contributed by atoms with E-state index in [1.807, 2.05) is 36.5 Å². The van der Waals surface area contributed by atoms with Crippen molar-refractivity contribution in [3.05, 3.63) is 71.0 Å². The maximum absolute atomic E-state index is 11.0. The van der Waals surface area contributed by atoms with Gasteiger partial charge in [-0.15, -0.1) is 0 Å². The van der Waals surface area contributed by atoms with E-state index < -0.39 is 5.97 Å². The van der Waals surface area contributed by atoms with Crippen LogP contribution in [0.5, 0.6) is 5.75 Å². The van der Waals surface area contributed by atoms with E-state index in [2.05, 4.69) is 15.1 Å². The standard InChI is InChI=1S/C21H17ClN4O3/c1-29-16-7-5-13(6-8-16)11-26-12-17-19(25-26)20(22)24-21(23-17)15-4-2-3-14(9-15)10-18(27)28/h2-9,12H,10-11H2,1H3,(H,27,28). The van der Waals surface area contributed by atoms with Crippen LogP contribution >= 0.6 is 11.6 Å². The minimum absolute atomic E-state index is 0.0659. The van der Waals surface area contributed by atoms with Crippen molar-refractivity contribution in [3.63, 3.8) is 0 Å². The highest BCUT2D eigenvalue weighted by atomic mass is 35.5. The first-order valence-corrected chi connectivity index (χ1v) is 9.24. The van der Waals surface area contributed by atoms with Crippen molar-refractivity contribution >= 4 is 28.6 Å². The SMILES string of the molecule is COc1ccc(Cn2cc3nc(-c4cccc(CC(=O)O)c4)nc(Cl)c3n2)cc1. The van der Waals surface area contributed by atoms with Gasteiger partial charge in [0.2, 0.25) is 0 Å². The molecule has 4 aromatic rings. The molecule has 0 atom stereocenters. The highest BCUT2D eigenvalue weighted by molar-refractivity contribution is 6.33. The van der Waals surface area contributed by atoms with Gasteiger partial charge in [-0.05, 0) is 29.3 Å². The van der Waals surface area contributed by atoms with Gasteiger partial charge in [-0.2, -0.15) is 5.10 Å². The summed E-state index contributed by atoms with van der Waals surface area (Å²) in [5.41, 5.74) is 3.58. The third-order valence-electron chi connectivity index (χ3n) is 4.41. The Morgan fingerprint density at radius 2 is 1.93 bits per heavy atom. The Bertz CT molecular complexity index is 1190. The molecular formula is C21H17ClN4O3. The quantitative estimate of drug-likeness (QED) is 0.487. The van der Waals surface area contributed by atoms with Gasteiger partial charge in [0, 0.05) is 5.56 Å². The molecule has 7 nitrogen and oxygen atoms in total. The second kappa shape index (κ2) is 7.89. The van der Waals surface area contributed by atoms with Crippen molar-refractivity contribution in [1.29, 1.82) is 0 Å². The van der Waals surface area contributed by atoms with Crippen LogP contribution in [0.1, 0.15) is 11.1 Å². The van der Waals surface area contributed by atoms with E-state index in [0.29, 0.717) is 34.5 Å². The molecule has 0 bridgehead atoms. The van der Waals surface area contributed by atoms with E-state index in [-0.39, 0.29) is 11.6 Å². The average Bonchev–Trinajstić information content (AvgIpc) is 3.11. The number of hydrogen-bond donors (Lipinski definition) is 1. The number of fused-ring (bicyclic) bond motifs is 1. The van der Waals surface area contributed by atoms with Crippen LogP contribution in [0.25, 0.3) is 22.4 Å². The molecule has 0 aliphatic carbocycles. The third kappa shape index (κ3) is 4.20. The molecule has 0 radical (unpaired) electrons. The molecule has 2 aromatic carbocycles. The molecule has 146 valence electrons. The molecule has 0 saturated heterocycles. The lowest BCUT2D eigenvalue weighted by molar-refractivity contribution is -0.136. The maximum Gasteiger partial charge on any atom is 0.307 e. The van der Waals surface area contributed by atoms with Crippen LogP contribution in [0, 0.1) is 0 Å². The molecule has 0 spiro atoms. The smallest absolute Gasteiger partial charge is 0.307 e. The molecule has 1 N–H and O–H groups in total. The number of aliphatic carboxylic acids is 1. The van der Waals surface area contributed by atoms with Crippen molar-refractivity contribution in [3.8, 4) is 17.1 Å². The zero-order valence-electron chi connectivity index (χ0n) is 15.5. The van der Waals surface area contributed by atoms with Gasteiger partial charge in [-0.1, -0.05) is 41.9 Å². The third-order valence-corrected chi connectivity index (χ3v) is 4.68. The number of halogens is 1. The van der Waals surface area contributed by atoms with E-state index in [4.69, 9.17) is 21.4 Å². The van der Waals surface area contributed by atoms with Crippen LogP contribution in [-0.2, 0) is 17.8 Å². The van der Waals surface area contributed by atoms with Crippen molar-refractivity contribution < 1.29 is 14.6 Å². The van der Waals surface area contributed by atoms with Crippen LogP contribution in [0.3, 0.4) is 0 Å². The zero-order chi connectivity index (χ0) is 20.4. The zero-order valence-corrected chi connectivity index (χ0v) is 16.3. The first-order chi connectivity index (χ1) is 14.0. The number of nitrogens with zero attached hydrogens (tertiary/aromatic N) is 4. The molecule has 0 aliphatic rings. The summed E-state index contributed by atoms with van der Waals surface area (Å²) in [5, 5.41) is 13.7. The van der Waals surface area contributed by atoms with E-state index >= 15 is 0 Å². The molecule has 2 aromatic heterocycles. The number of methoxy groups -OCH3 is 1. The largest absolute Gasteiger partial charge is 0.497 e. The van der Waals surface area contributed by atoms with E-state index in [9.17, 15) is 4.79 Å². The Labute approximate surface area is 171 Å². The second-order valence-electron chi connectivity index (χ2n) is 6.52. The molecule has 4 rings (SSSR count). The number of aromatic nitrogens is 4. The lowest BCUT2D eigenvalue weighted by atomic mass is 10.1. The van der Waals surface area contributed by atoms with Gasteiger partial charge in [0.05, 0.1) is 26.3 Å². The molecule has 0 aliphatic heterocycles. The van der Waals surface area contributed by atoms with Gasteiger partial charge < -0.3 is 9.84 Å². The monoisotopic (exact) mass is 408 g/mol. The molecule has 0 fully saturated rings. The summed E-state index contributed by atoms with van der Waals surface area (Å²) in [4.78, 5) is 19.9. The number of benzene rings is 2. The van der Waals surface area contributed by atoms with Gasteiger partial charge in [0.1, 0.15) is 16.8 Å². The summed E-state index contributed by atoms with van der Waals surface area (Å²) in [6, 6.07) is 14.8. The Morgan fingerprint density at radius 3 is 2.66 bits per heavy atom. The predicted molar refractivity (Wildman–Crippen MR) is 109 cm³/mol. The number of ether oxygens (including phenoxy) is 1. The van der Waals surface area contributed by atoms with Crippen LogP contribution in [0.2, 0.25) is 5.15 Å². The van der Waals surface area contributed by atoms with E-state index in [1.165, 1.54) is 0 Å². The summed E-state index contributed by atoms with van der Waals surface area (Å²) in [6.45, 7) is 0.556. The fraction of sp³-hybridized carbons (Fsp3) is 0.143. The van der Waals surface area contributed by atoms with Crippen molar-refractivity contribution in [2.24, 2.45) is 0 Å². The Hall–Kier alpha value is -3.45. The van der Waals surface area contributed by atoms with Crippen LogP contribution in [0.15, 0.2) is 54.7 Å². The topological polar surface area (TPSA) is 90.1 Å². The van der Waals surface area contributed by atoms with Crippen LogP contribution in [-0.4, -0.2) is 37.9 Å². The number of hydrogen-bond acceptors (Lipinski definition) is 5. The molecular weight excluding hydrogens is 392 g/mol. The molecule has 8 heteroatoms. The minimum atomic E-state index is -0.892. The van der Waals surface area contributed by atoms with Crippen molar-refractivity contribution in [2.75, 3.05) is 7.11 Å². The Kier molecular flexibility index (Phi) is 5.14. The summed E-state index contributed by atoms with van der Waals surface area (Å²) in [6.07, 6.45) is 1.75. The molecule has 2 heterocycles. The first-order valence-electron chi connectivity index (χ1n) is 8.86.